The van der Waals surface area contributed by atoms with E-state index in [2.05, 4.69) is 12.2 Å². The summed E-state index contributed by atoms with van der Waals surface area (Å²) in [5, 5.41) is 3.16. The second-order valence-corrected chi connectivity index (χ2v) is 4.53. The van der Waals surface area contributed by atoms with E-state index in [0.717, 1.165) is 30.9 Å². The molecule has 1 aromatic rings. The Morgan fingerprint density at radius 2 is 2.00 bits per heavy atom. The Morgan fingerprint density at radius 3 is 2.56 bits per heavy atom. The zero-order chi connectivity index (χ0) is 13.6. The predicted octanol–water partition coefficient (Wildman–Crippen LogP) is 4.03. The summed E-state index contributed by atoms with van der Waals surface area (Å²) < 4.78 is 37.7. The summed E-state index contributed by atoms with van der Waals surface area (Å²) in [7, 11) is 1.86. The Balaban J connectivity index is 2.71. The van der Waals surface area contributed by atoms with Crippen LogP contribution in [-0.2, 0) is 12.6 Å². The van der Waals surface area contributed by atoms with Crippen molar-refractivity contribution in [3.8, 4) is 0 Å². The number of halogens is 3. The summed E-state index contributed by atoms with van der Waals surface area (Å²) in [5.74, 6) is 0. The molecule has 0 aliphatic heterocycles. The fraction of sp³-hybridized carbons (Fsp3) is 0.571. The highest BCUT2D eigenvalue weighted by Crippen LogP contribution is 2.29. The van der Waals surface area contributed by atoms with Crippen LogP contribution >= 0.6 is 0 Å². The van der Waals surface area contributed by atoms with Crippen LogP contribution in [0.4, 0.5) is 13.2 Å². The quantitative estimate of drug-likeness (QED) is 0.813. The van der Waals surface area contributed by atoms with Crippen LogP contribution in [0.15, 0.2) is 24.3 Å². The second kappa shape index (κ2) is 6.78. The Kier molecular flexibility index (Phi) is 5.66. The molecule has 0 radical (unpaired) electrons. The van der Waals surface area contributed by atoms with Crippen LogP contribution in [0.1, 0.15) is 37.3 Å². The molecule has 0 saturated heterocycles. The Labute approximate surface area is 106 Å². The molecule has 18 heavy (non-hydrogen) atoms. The van der Waals surface area contributed by atoms with E-state index in [1.54, 1.807) is 6.07 Å². The summed E-state index contributed by atoms with van der Waals surface area (Å²) in [6.07, 6.45) is -0.441. The summed E-state index contributed by atoms with van der Waals surface area (Å²) in [6.45, 7) is 2.11. The maximum Gasteiger partial charge on any atom is 0.416 e. The number of rotatable bonds is 6. The van der Waals surface area contributed by atoms with Gasteiger partial charge < -0.3 is 5.32 Å². The van der Waals surface area contributed by atoms with Gasteiger partial charge in [-0.25, -0.2) is 0 Å². The molecule has 0 amide bonds. The first kappa shape index (κ1) is 15.0. The molecule has 4 heteroatoms. The average molecular weight is 259 g/mol. The highest BCUT2D eigenvalue weighted by molar-refractivity contribution is 5.26. The van der Waals surface area contributed by atoms with Crippen molar-refractivity contribution >= 4 is 0 Å². The third kappa shape index (κ3) is 4.69. The maximum atomic E-state index is 12.6. The minimum absolute atomic E-state index is 0.244. The first-order chi connectivity index (χ1) is 8.47. The summed E-state index contributed by atoms with van der Waals surface area (Å²) >= 11 is 0. The number of unbranched alkanes of at least 4 members (excludes halogenated alkanes) is 1. The minimum Gasteiger partial charge on any atom is -0.317 e. The molecule has 1 rings (SSSR count). The summed E-state index contributed by atoms with van der Waals surface area (Å²) in [4.78, 5) is 0. The smallest absolute Gasteiger partial charge is 0.317 e. The molecule has 0 aromatic heterocycles. The standard InChI is InChI=1S/C14H20F3N/c1-3-4-8-13(18-2)10-11-6-5-7-12(9-11)14(15,16)17/h5-7,9,13,18H,3-4,8,10H2,1-2H3. The van der Waals surface area contributed by atoms with Crippen molar-refractivity contribution < 1.29 is 13.2 Å². The lowest BCUT2D eigenvalue weighted by Crippen LogP contribution is -2.27. The normalized spacial score (nSPS) is 13.6. The van der Waals surface area contributed by atoms with Crippen LogP contribution in [0.2, 0.25) is 0 Å². The zero-order valence-corrected chi connectivity index (χ0v) is 10.8. The van der Waals surface area contributed by atoms with E-state index in [4.69, 9.17) is 0 Å². The van der Waals surface area contributed by atoms with Gasteiger partial charge >= 0.3 is 6.18 Å². The van der Waals surface area contributed by atoms with Crippen LogP contribution in [0.25, 0.3) is 0 Å². The van der Waals surface area contributed by atoms with Crippen molar-refractivity contribution in [1.29, 1.82) is 0 Å². The van der Waals surface area contributed by atoms with E-state index in [9.17, 15) is 13.2 Å². The first-order valence-corrected chi connectivity index (χ1v) is 6.30. The van der Waals surface area contributed by atoms with Gasteiger partial charge in [-0.2, -0.15) is 13.2 Å². The molecule has 1 aromatic carbocycles. The van der Waals surface area contributed by atoms with Crippen molar-refractivity contribution in [2.75, 3.05) is 7.05 Å². The first-order valence-electron chi connectivity index (χ1n) is 6.30. The lowest BCUT2D eigenvalue weighted by atomic mass is 9.99. The van der Waals surface area contributed by atoms with Crippen molar-refractivity contribution in [3.63, 3.8) is 0 Å². The number of alkyl halides is 3. The van der Waals surface area contributed by atoms with Gasteiger partial charge in [0.1, 0.15) is 0 Å². The number of benzene rings is 1. The number of likely N-dealkylation sites (N-methyl/N-ethyl adjacent to an activating group) is 1. The Morgan fingerprint density at radius 1 is 1.28 bits per heavy atom. The topological polar surface area (TPSA) is 12.0 Å². The van der Waals surface area contributed by atoms with E-state index in [0.29, 0.717) is 6.42 Å². The molecule has 0 spiro atoms. The van der Waals surface area contributed by atoms with Gasteiger partial charge in [0.05, 0.1) is 5.56 Å². The van der Waals surface area contributed by atoms with Crippen LogP contribution in [0.3, 0.4) is 0 Å². The molecule has 0 bridgehead atoms. The van der Waals surface area contributed by atoms with Crippen molar-refractivity contribution in [2.45, 2.75) is 44.8 Å². The number of hydrogen-bond acceptors (Lipinski definition) is 1. The van der Waals surface area contributed by atoms with Crippen molar-refractivity contribution in [2.24, 2.45) is 0 Å². The highest BCUT2D eigenvalue weighted by Gasteiger charge is 2.30. The minimum atomic E-state index is -4.26. The van der Waals surface area contributed by atoms with E-state index < -0.39 is 11.7 Å². The molecule has 0 heterocycles. The lowest BCUT2D eigenvalue weighted by Gasteiger charge is -2.16. The Hall–Kier alpha value is -1.03. The fourth-order valence-electron chi connectivity index (χ4n) is 1.96. The van der Waals surface area contributed by atoms with Crippen molar-refractivity contribution in [3.05, 3.63) is 35.4 Å². The molecule has 0 saturated carbocycles. The van der Waals surface area contributed by atoms with Gasteiger partial charge in [0, 0.05) is 6.04 Å². The van der Waals surface area contributed by atoms with Gasteiger partial charge in [0.25, 0.3) is 0 Å². The third-order valence-corrected chi connectivity index (χ3v) is 3.05. The molecule has 1 unspecified atom stereocenters. The average Bonchev–Trinajstić information content (AvgIpc) is 2.33. The van der Waals surface area contributed by atoms with Gasteiger partial charge in [-0.05, 0) is 31.5 Å². The van der Waals surface area contributed by atoms with E-state index >= 15 is 0 Å². The van der Waals surface area contributed by atoms with Gasteiger partial charge in [0.15, 0.2) is 0 Å². The molecule has 102 valence electrons. The zero-order valence-electron chi connectivity index (χ0n) is 10.8. The number of hydrogen-bond donors (Lipinski definition) is 1. The summed E-state index contributed by atoms with van der Waals surface area (Å²) in [5.41, 5.74) is 0.172. The van der Waals surface area contributed by atoms with Crippen LogP contribution in [0.5, 0.6) is 0 Å². The number of nitrogens with one attached hydrogen (secondary N) is 1. The highest BCUT2D eigenvalue weighted by atomic mass is 19.4. The van der Waals surface area contributed by atoms with Crippen LogP contribution in [0, 0.1) is 0 Å². The molecule has 0 aliphatic rings. The molecule has 1 atom stereocenters. The van der Waals surface area contributed by atoms with E-state index in [-0.39, 0.29) is 6.04 Å². The van der Waals surface area contributed by atoms with E-state index in [1.807, 2.05) is 7.05 Å². The molecule has 1 nitrogen and oxygen atoms in total. The third-order valence-electron chi connectivity index (χ3n) is 3.05. The second-order valence-electron chi connectivity index (χ2n) is 4.53. The van der Waals surface area contributed by atoms with Gasteiger partial charge in [0.2, 0.25) is 0 Å². The molecule has 0 aliphatic carbocycles. The Bertz CT molecular complexity index is 360. The van der Waals surface area contributed by atoms with Gasteiger partial charge in [-0.1, -0.05) is 38.0 Å². The maximum absolute atomic E-state index is 12.6. The lowest BCUT2D eigenvalue weighted by molar-refractivity contribution is -0.137. The van der Waals surface area contributed by atoms with Gasteiger partial charge in [-0.3, -0.25) is 0 Å². The largest absolute Gasteiger partial charge is 0.416 e. The molecule has 1 N–H and O–H groups in total. The monoisotopic (exact) mass is 259 g/mol. The SMILES string of the molecule is CCCCC(Cc1cccc(C(F)(F)F)c1)NC. The fourth-order valence-corrected chi connectivity index (χ4v) is 1.96. The van der Waals surface area contributed by atoms with Crippen LogP contribution in [-0.4, -0.2) is 13.1 Å². The predicted molar refractivity (Wildman–Crippen MR) is 67.5 cm³/mol. The molecule has 0 fully saturated rings. The van der Waals surface area contributed by atoms with Crippen molar-refractivity contribution in [1.82, 2.24) is 5.32 Å². The van der Waals surface area contributed by atoms with E-state index in [1.165, 1.54) is 12.1 Å². The molecular weight excluding hydrogens is 239 g/mol. The van der Waals surface area contributed by atoms with Crippen LogP contribution < -0.4 is 5.32 Å². The van der Waals surface area contributed by atoms with Gasteiger partial charge in [-0.15, -0.1) is 0 Å². The summed E-state index contributed by atoms with van der Waals surface area (Å²) in [6, 6.07) is 5.84. The molecular formula is C14H20F3N.